The first kappa shape index (κ1) is 8.51. The summed E-state index contributed by atoms with van der Waals surface area (Å²) in [5.41, 5.74) is 5.31. The lowest BCUT2D eigenvalue weighted by Crippen LogP contribution is -2.49. The monoisotopic (exact) mass is 153 g/mol. The predicted octanol–water partition coefficient (Wildman–Crippen LogP) is 0.179. The average molecular weight is 153 g/mol. The summed E-state index contributed by atoms with van der Waals surface area (Å²) in [7, 11) is 3.89. The molecule has 62 valence electrons. The Balaban J connectivity index is 2.53. The van der Waals surface area contributed by atoms with E-state index in [1.165, 1.54) is 0 Å². The largest absolute Gasteiger partial charge is 0.312 e. The van der Waals surface area contributed by atoms with Crippen LogP contribution in [0.15, 0.2) is 0 Å². The van der Waals surface area contributed by atoms with Crippen molar-refractivity contribution in [3.63, 3.8) is 0 Å². The molecular weight excluding hydrogens is 138 g/mol. The molecule has 0 heterocycles. The third kappa shape index (κ3) is 1.92. The van der Waals surface area contributed by atoms with Gasteiger partial charge in [-0.1, -0.05) is 0 Å². The van der Waals surface area contributed by atoms with E-state index in [4.69, 9.17) is 11.0 Å². The molecule has 0 aromatic rings. The summed E-state index contributed by atoms with van der Waals surface area (Å²) in [5.74, 6) is 0.440. The van der Waals surface area contributed by atoms with Crippen molar-refractivity contribution in [3.05, 3.63) is 0 Å². The molecule has 1 rings (SSSR count). The van der Waals surface area contributed by atoms with Crippen molar-refractivity contribution in [2.24, 2.45) is 11.7 Å². The van der Waals surface area contributed by atoms with Gasteiger partial charge >= 0.3 is 0 Å². The molecule has 1 atom stereocenters. The number of nitrogens with two attached hydrogens (primary N) is 1. The Morgan fingerprint density at radius 1 is 1.64 bits per heavy atom. The van der Waals surface area contributed by atoms with E-state index in [-0.39, 0.29) is 0 Å². The van der Waals surface area contributed by atoms with Crippen LogP contribution >= 0.6 is 0 Å². The number of nitrogens with zero attached hydrogens (tertiary/aromatic N) is 2. The fourth-order valence-electron chi connectivity index (χ4n) is 1.38. The molecule has 2 N–H and O–H groups in total. The molecule has 0 amide bonds. The third-order valence-electron chi connectivity index (χ3n) is 2.09. The van der Waals surface area contributed by atoms with E-state index < -0.39 is 5.54 Å². The molecule has 0 aromatic heterocycles. The van der Waals surface area contributed by atoms with E-state index in [2.05, 4.69) is 6.07 Å². The Kier molecular flexibility index (Phi) is 2.17. The highest BCUT2D eigenvalue weighted by Crippen LogP contribution is 2.38. The highest BCUT2D eigenvalue weighted by atomic mass is 15.1. The van der Waals surface area contributed by atoms with Gasteiger partial charge in [-0.15, -0.1) is 0 Å². The van der Waals surface area contributed by atoms with Gasteiger partial charge in [0.25, 0.3) is 0 Å². The molecule has 0 radical (unpaired) electrons. The highest BCUT2D eigenvalue weighted by Gasteiger charge is 2.42. The van der Waals surface area contributed by atoms with Crippen LogP contribution in [0.4, 0.5) is 0 Å². The summed E-state index contributed by atoms with van der Waals surface area (Å²) in [5, 5.41) is 8.84. The number of nitriles is 1. The Morgan fingerprint density at radius 3 is 2.45 bits per heavy atom. The van der Waals surface area contributed by atoms with Crippen LogP contribution in [0.25, 0.3) is 0 Å². The zero-order valence-electron chi connectivity index (χ0n) is 7.17. The fraction of sp³-hybridized carbons (Fsp3) is 0.875. The third-order valence-corrected chi connectivity index (χ3v) is 2.09. The number of hydrogen-bond acceptors (Lipinski definition) is 3. The summed E-state index contributed by atoms with van der Waals surface area (Å²) in [6, 6.07) is 2.21. The lowest BCUT2D eigenvalue weighted by Gasteiger charge is -2.24. The van der Waals surface area contributed by atoms with Crippen LogP contribution in [0.5, 0.6) is 0 Å². The van der Waals surface area contributed by atoms with Crippen molar-refractivity contribution < 1.29 is 0 Å². The van der Waals surface area contributed by atoms with Crippen LogP contribution in [-0.2, 0) is 0 Å². The number of rotatable bonds is 3. The summed E-state index contributed by atoms with van der Waals surface area (Å²) in [6.45, 7) is 0.675. The Bertz CT molecular complexity index is 178. The standard InChI is InChI=1S/C8H15N3/c1-11(2)6-8(10,5-9)7-3-4-7/h7H,3-4,6,10H2,1-2H3. The molecule has 0 saturated heterocycles. The zero-order chi connectivity index (χ0) is 8.48. The van der Waals surface area contributed by atoms with Gasteiger partial charge in [-0.05, 0) is 32.9 Å². The number of likely N-dealkylation sites (N-methyl/N-ethyl adjacent to an activating group) is 1. The number of hydrogen-bond donors (Lipinski definition) is 1. The quantitative estimate of drug-likeness (QED) is 0.629. The summed E-state index contributed by atoms with van der Waals surface area (Å²) < 4.78 is 0. The molecule has 1 aliphatic rings. The molecular formula is C8H15N3. The van der Waals surface area contributed by atoms with Crippen molar-refractivity contribution in [2.75, 3.05) is 20.6 Å². The van der Waals surface area contributed by atoms with Gasteiger partial charge < -0.3 is 10.6 Å². The summed E-state index contributed by atoms with van der Waals surface area (Å²) >= 11 is 0. The van der Waals surface area contributed by atoms with Crippen molar-refractivity contribution in [2.45, 2.75) is 18.4 Å². The smallest absolute Gasteiger partial charge is 0.119 e. The second-order valence-corrected chi connectivity index (χ2v) is 3.66. The first-order chi connectivity index (χ1) is 5.08. The van der Waals surface area contributed by atoms with E-state index in [1.807, 2.05) is 19.0 Å². The Morgan fingerprint density at radius 2 is 2.18 bits per heavy atom. The van der Waals surface area contributed by atoms with Crippen LogP contribution in [0.1, 0.15) is 12.8 Å². The first-order valence-electron chi connectivity index (χ1n) is 3.93. The van der Waals surface area contributed by atoms with Gasteiger partial charge in [0.15, 0.2) is 0 Å². The van der Waals surface area contributed by atoms with E-state index in [1.54, 1.807) is 0 Å². The molecule has 1 fully saturated rings. The van der Waals surface area contributed by atoms with Crippen molar-refractivity contribution in [1.29, 1.82) is 5.26 Å². The lowest BCUT2D eigenvalue weighted by molar-refractivity contribution is 0.306. The van der Waals surface area contributed by atoms with Crippen molar-refractivity contribution in [3.8, 4) is 6.07 Å². The maximum absolute atomic E-state index is 8.84. The van der Waals surface area contributed by atoms with Crippen molar-refractivity contribution in [1.82, 2.24) is 4.90 Å². The second kappa shape index (κ2) is 2.80. The molecule has 0 bridgehead atoms. The first-order valence-corrected chi connectivity index (χ1v) is 3.93. The van der Waals surface area contributed by atoms with Gasteiger partial charge in [0, 0.05) is 6.54 Å². The fourth-order valence-corrected chi connectivity index (χ4v) is 1.38. The van der Waals surface area contributed by atoms with Crippen LogP contribution in [0.2, 0.25) is 0 Å². The molecule has 0 aliphatic heterocycles. The zero-order valence-corrected chi connectivity index (χ0v) is 7.17. The van der Waals surface area contributed by atoms with Gasteiger partial charge in [0.05, 0.1) is 6.07 Å². The topological polar surface area (TPSA) is 53.0 Å². The molecule has 3 nitrogen and oxygen atoms in total. The van der Waals surface area contributed by atoms with Gasteiger partial charge in [-0.3, -0.25) is 0 Å². The van der Waals surface area contributed by atoms with E-state index in [0.29, 0.717) is 12.5 Å². The second-order valence-electron chi connectivity index (χ2n) is 3.66. The Labute approximate surface area is 67.8 Å². The molecule has 0 aromatic carbocycles. The normalized spacial score (nSPS) is 22.8. The van der Waals surface area contributed by atoms with E-state index in [0.717, 1.165) is 12.8 Å². The van der Waals surface area contributed by atoms with Gasteiger partial charge in [-0.2, -0.15) is 5.26 Å². The molecule has 3 heteroatoms. The van der Waals surface area contributed by atoms with E-state index >= 15 is 0 Å². The maximum atomic E-state index is 8.84. The van der Waals surface area contributed by atoms with E-state index in [9.17, 15) is 0 Å². The minimum atomic E-state index is -0.594. The van der Waals surface area contributed by atoms with Crippen LogP contribution in [-0.4, -0.2) is 31.1 Å². The van der Waals surface area contributed by atoms with Crippen molar-refractivity contribution >= 4 is 0 Å². The van der Waals surface area contributed by atoms with Crippen LogP contribution < -0.4 is 5.73 Å². The van der Waals surface area contributed by atoms with Gasteiger partial charge in [-0.25, -0.2) is 0 Å². The summed E-state index contributed by atoms with van der Waals surface area (Å²) in [4.78, 5) is 1.97. The molecule has 1 aliphatic carbocycles. The van der Waals surface area contributed by atoms with Crippen LogP contribution in [0, 0.1) is 17.2 Å². The average Bonchev–Trinajstić information content (AvgIpc) is 2.66. The molecule has 1 saturated carbocycles. The maximum Gasteiger partial charge on any atom is 0.119 e. The lowest BCUT2D eigenvalue weighted by atomic mass is 9.96. The van der Waals surface area contributed by atoms with Crippen LogP contribution in [0.3, 0.4) is 0 Å². The predicted molar refractivity (Wildman–Crippen MR) is 43.8 cm³/mol. The molecule has 0 spiro atoms. The SMILES string of the molecule is CN(C)CC(N)(C#N)C1CC1. The summed E-state index contributed by atoms with van der Waals surface area (Å²) in [6.07, 6.45) is 2.25. The molecule has 11 heavy (non-hydrogen) atoms. The molecule has 1 unspecified atom stereocenters. The minimum Gasteiger partial charge on any atom is -0.312 e. The Hall–Kier alpha value is -0.590. The highest BCUT2D eigenvalue weighted by molar-refractivity contribution is 5.14. The van der Waals surface area contributed by atoms with Gasteiger partial charge in [0.2, 0.25) is 0 Å². The van der Waals surface area contributed by atoms with Gasteiger partial charge in [0.1, 0.15) is 5.54 Å². The minimum absolute atomic E-state index is 0.440.